The molecule has 0 spiro atoms. The van der Waals surface area contributed by atoms with Crippen LogP contribution in [0.3, 0.4) is 0 Å². The molecular formula is C17H21FIN3O2S. The Balaban J connectivity index is 0.00000225. The van der Waals surface area contributed by atoms with Gasteiger partial charge in [-0.25, -0.2) is 4.39 Å². The number of hydrogen-bond acceptors (Lipinski definition) is 4. The van der Waals surface area contributed by atoms with Gasteiger partial charge in [0.1, 0.15) is 11.6 Å². The first-order valence-electron chi connectivity index (χ1n) is 7.80. The highest BCUT2D eigenvalue weighted by Crippen LogP contribution is 2.29. The van der Waals surface area contributed by atoms with Crippen molar-refractivity contribution in [1.82, 2.24) is 5.32 Å². The van der Waals surface area contributed by atoms with Crippen LogP contribution in [0.25, 0.3) is 0 Å². The van der Waals surface area contributed by atoms with Gasteiger partial charge in [0, 0.05) is 30.0 Å². The Morgan fingerprint density at radius 3 is 3.04 bits per heavy atom. The molecule has 2 heterocycles. The third-order valence-corrected chi connectivity index (χ3v) is 4.61. The van der Waals surface area contributed by atoms with E-state index < -0.39 is 0 Å². The van der Waals surface area contributed by atoms with Gasteiger partial charge in [-0.3, -0.25) is 4.99 Å². The first kappa shape index (κ1) is 19.9. The van der Waals surface area contributed by atoms with Gasteiger partial charge in [0.15, 0.2) is 12.8 Å². The van der Waals surface area contributed by atoms with Gasteiger partial charge in [-0.15, -0.1) is 35.3 Å². The van der Waals surface area contributed by atoms with E-state index in [4.69, 9.17) is 15.2 Å². The minimum atomic E-state index is -0.282. The molecule has 1 aliphatic rings. The predicted octanol–water partition coefficient (Wildman–Crippen LogP) is 3.06. The van der Waals surface area contributed by atoms with Gasteiger partial charge in [-0.2, -0.15) is 0 Å². The maximum atomic E-state index is 13.7. The second-order valence-electron chi connectivity index (χ2n) is 5.44. The van der Waals surface area contributed by atoms with Crippen LogP contribution in [0.2, 0.25) is 0 Å². The number of rotatable bonds is 6. The fourth-order valence-corrected chi connectivity index (χ4v) is 3.26. The van der Waals surface area contributed by atoms with E-state index >= 15 is 0 Å². The molecule has 0 radical (unpaired) electrons. The molecule has 0 atom stereocenters. The van der Waals surface area contributed by atoms with Crippen molar-refractivity contribution in [2.75, 3.05) is 19.9 Å². The number of hydrogen-bond donors (Lipinski definition) is 2. The summed E-state index contributed by atoms with van der Waals surface area (Å²) in [4.78, 5) is 5.59. The molecule has 0 amide bonds. The van der Waals surface area contributed by atoms with Crippen molar-refractivity contribution in [1.29, 1.82) is 0 Å². The highest BCUT2D eigenvalue weighted by atomic mass is 127. The second-order valence-corrected chi connectivity index (χ2v) is 6.47. The maximum absolute atomic E-state index is 13.7. The summed E-state index contributed by atoms with van der Waals surface area (Å²) < 4.78 is 24.3. The molecule has 1 aromatic heterocycles. The van der Waals surface area contributed by atoms with E-state index in [1.165, 1.54) is 17.0 Å². The van der Waals surface area contributed by atoms with Crippen LogP contribution in [0.1, 0.15) is 16.0 Å². The third kappa shape index (κ3) is 5.82. The van der Waals surface area contributed by atoms with E-state index in [-0.39, 0.29) is 36.6 Å². The number of halogens is 2. The van der Waals surface area contributed by atoms with Gasteiger partial charge in [0.2, 0.25) is 0 Å². The summed E-state index contributed by atoms with van der Waals surface area (Å²) in [6, 6.07) is 7.06. The summed E-state index contributed by atoms with van der Waals surface area (Å²) >= 11 is 1.71. The van der Waals surface area contributed by atoms with E-state index in [0.29, 0.717) is 32.1 Å². The molecule has 1 aromatic carbocycles. The molecule has 8 heteroatoms. The molecule has 0 saturated carbocycles. The molecule has 0 fully saturated rings. The van der Waals surface area contributed by atoms with Crippen LogP contribution in [0.15, 0.2) is 34.6 Å². The van der Waals surface area contributed by atoms with Crippen molar-refractivity contribution >= 4 is 41.3 Å². The minimum Gasteiger partial charge on any atom is -0.467 e. The predicted molar refractivity (Wildman–Crippen MR) is 108 cm³/mol. The highest BCUT2D eigenvalue weighted by Gasteiger charge is 2.16. The molecular weight excluding hydrogens is 456 g/mol. The number of nitrogens with two attached hydrogens (primary N) is 1. The number of guanidine groups is 1. The molecule has 0 saturated heterocycles. The van der Waals surface area contributed by atoms with Gasteiger partial charge in [-0.05, 0) is 35.6 Å². The van der Waals surface area contributed by atoms with Crippen molar-refractivity contribution in [2.24, 2.45) is 10.7 Å². The van der Waals surface area contributed by atoms with Crippen LogP contribution < -0.4 is 15.8 Å². The lowest BCUT2D eigenvalue weighted by atomic mass is 10.1. The Bertz CT molecular complexity index is 710. The van der Waals surface area contributed by atoms with Crippen LogP contribution in [0.5, 0.6) is 5.75 Å². The number of ether oxygens (including phenoxy) is 2. The highest BCUT2D eigenvalue weighted by molar-refractivity contribution is 14.0. The van der Waals surface area contributed by atoms with Crippen LogP contribution in [0, 0.1) is 5.82 Å². The topological polar surface area (TPSA) is 68.9 Å². The average molecular weight is 477 g/mol. The number of aliphatic imine (C=N–C) groups is 1. The summed E-state index contributed by atoms with van der Waals surface area (Å²) in [5.41, 5.74) is 7.42. The third-order valence-electron chi connectivity index (χ3n) is 3.67. The number of nitrogens with zero attached hydrogens (tertiary/aromatic N) is 1. The molecule has 1 aliphatic heterocycles. The number of benzene rings is 1. The number of nitrogens with one attached hydrogen (secondary N) is 1. The Kier molecular flexibility index (Phi) is 7.91. The van der Waals surface area contributed by atoms with Crippen LogP contribution >= 0.6 is 35.3 Å². The van der Waals surface area contributed by atoms with Gasteiger partial charge >= 0.3 is 0 Å². The zero-order chi connectivity index (χ0) is 16.8. The molecule has 3 N–H and O–H groups in total. The summed E-state index contributed by atoms with van der Waals surface area (Å²) in [5, 5.41) is 5.11. The Morgan fingerprint density at radius 2 is 2.24 bits per heavy atom. The van der Waals surface area contributed by atoms with E-state index in [2.05, 4.69) is 16.4 Å². The zero-order valence-electron chi connectivity index (χ0n) is 13.7. The quantitative estimate of drug-likeness (QED) is 0.382. The van der Waals surface area contributed by atoms with Crippen LogP contribution in [-0.2, 0) is 24.2 Å². The number of fused-ring (bicyclic) bond motifs is 1. The van der Waals surface area contributed by atoms with Crippen molar-refractivity contribution < 1.29 is 13.9 Å². The average Bonchev–Trinajstić information content (AvgIpc) is 3.08. The van der Waals surface area contributed by atoms with E-state index in [9.17, 15) is 4.39 Å². The van der Waals surface area contributed by atoms with E-state index in [1.54, 1.807) is 11.3 Å². The minimum absolute atomic E-state index is 0. The lowest BCUT2D eigenvalue weighted by Gasteiger charge is -2.21. The lowest BCUT2D eigenvalue weighted by molar-refractivity contribution is -0.0172. The SMILES string of the molecule is I.NC(=NCCc1cccs1)NCCc1cc(F)cc2c1OCOC2. The second kappa shape index (κ2) is 9.93. The van der Waals surface area contributed by atoms with Gasteiger partial charge in [0.05, 0.1) is 6.61 Å². The molecule has 0 aliphatic carbocycles. The van der Waals surface area contributed by atoms with Crippen molar-refractivity contribution in [3.63, 3.8) is 0 Å². The number of thiophene rings is 1. The van der Waals surface area contributed by atoms with Gasteiger partial charge in [0.25, 0.3) is 0 Å². The monoisotopic (exact) mass is 477 g/mol. The van der Waals surface area contributed by atoms with E-state index in [1.807, 2.05) is 11.4 Å². The molecule has 136 valence electrons. The Morgan fingerprint density at radius 1 is 1.36 bits per heavy atom. The Labute approximate surface area is 167 Å². The van der Waals surface area contributed by atoms with Crippen LogP contribution in [-0.4, -0.2) is 25.8 Å². The molecule has 5 nitrogen and oxygen atoms in total. The molecule has 0 unspecified atom stereocenters. The summed E-state index contributed by atoms with van der Waals surface area (Å²) in [6.07, 6.45) is 1.48. The van der Waals surface area contributed by atoms with Crippen molar-refractivity contribution in [2.45, 2.75) is 19.4 Å². The largest absolute Gasteiger partial charge is 0.467 e. The Hall–Kier alpha value is -1.39. The first-order chi connectivity index (χ1) is 11.7. The molecule has 2 aromatic rings. The normalized spacial score (nSPS) is 13.6. The van der Waals surface area contributed by atoms with Crippen molar-refractivity contribution in [3.8, 4) is 5.75 Å². The fraction of sp³-hybridized carbons (Fsp3) is 0.353. The van der Waals surface area contributed by atoms with Gasteiger partial charge in [-0.1, -0.05) is 6.07 Å². The standard InChI is InChI=1S/C17H20FN3O2S.HI/c18-14-8-12(16-13(9-14)10-22-11-23-16)3-5-20-17(19)21-6-4-15-2-1-7-24-15;/h1-2,7-9H,3-6,10-11H2,(H3,19,20,21);1H. The summed E-state index contributed by atoms with van der Waals surface area (Å²) in [7, 11) is 0. The van der Waals surface area contributed by atoms with Crippen molar-refractivity contribution in [3.05, 3.63) is 51.5 Å². The molecule has 0 bridgehead atoms. The summed E-state index contributed by atoms with van der Waals surface area (Å²) in [5.74, 6) is 0.842. The smallest absolute Gasteiger partial charge is 0.189 e. The van der Waals surface area contributed by atoms with Crippen LogP contribution in [0.4, 0.5) is 4.39 Å². The first-order valence-corrected chi connectivity index (χ1v) is 8.68. The zero-order valence-corrected chi connectivity index (χ0v) is 16.8. The fourth-order valence-electron chi connectivity index (χ4n) is 2.56. The molecule has 25 heavy (non-hydrogen) atoms. The molecule has 3 rings (SSSR count). The maximum Gasteiger partial charge on any atom is 0.189 e. The van der Waals surface area contributed by atoms with E-state index in [0.717, 1.165) is 23.3 Å². The van der Waals surface area contributed by atoms with Gasteiger partial charge < -0.3 is 20.5 Å². The lowest BCUT2D eigenvalue weighted by Crippen LogP contribution is -2.33. The summed E-state index contributed by atoms with van der Waals surface area (Å²) in [6.45, 7) is 1.79.